The molecule has 8 nitrogen and oxygen atoms in total. The lowest BCUT2D eigenvalue weighted by Gasteiger charge is -2.26. The fourth-order valence-corrected chi connectivity index (χ4v) is 4.76. The third kappa shape index (κ3) is 4.86. The lowest BCUT2D eigenvalue weighted by Crippen LogP contribution is -2.35. The Morgan fingerprint density at radius 1 is 1.14 bits per heavy atom. The average molecular weight is 420 g/mol. The van der Waals surface area contributed by atoms with Crippen molar-refractivity contribution >= 4 is 27.6 Å². The Morgan fingerprint density at radius 2 is 1.86 bits per heavy atom. The van der Waals surface area contributed by atoms with Crippen molar-refractivity contribution in [1.29, 1.82) is 0 Å². The number of sulfonamides is 1. The van der Waals surface area contributed by atoms with E-state index in [1.54, 1.807) is 49.0 Å². The molecule has 2 aromatic rings. The van der Waals surface area contributed by atoms with Crippen LogP contribution in [0.4, 0.5) is 5.69 Å². The van der Waals surface area contributed by atoms with Gasteiger partial charge in [-0.25, -0.2) is 13.2 Å². The van der Waals surface area contributed by atoms with Gasteiger partial charge in [0.15, 0.2) is 6.61 Å². The van der Waals surface area contributed by atoms with Crippen LogP contribution in [-0.4, -0.2) is 48.9 Å². The number of piperidine rings is 1. The molecule has 0 bridgehead atoms. The summed E-state index contributed by atoms with van der Waals surface area (Å²) < 4.78 is 33.8. The summed E-state index contributed by atoms with van der Waals surface area (Å²) in [5.74, 6) is -1.14. The predicted molar refractivity (Wildman–Crippen MR) is 108 cm³/mol. The van der Waals surface area contributed by atoms with Crippen LogP contribution in [0.2, 0.25) is 0 Å². The molecule has 1 aliphatic heterocycles. The minimum Gasteiger partial charge on any atom is -0.451 e. The Kier molecular flexibility index (Phi) is 6.39. The van der Waals surface area contributed by atoms with Gasteiger partial charge >= 0.3 is 5.97 Å². The number of nitrogens with zero attached hydrogens (tertiary/aromatic N) is 2. The molecule has 156 valence electrons. The fraction of sp³-hybridized carbons (Fsp3) is 0.400. The molecule has 0 unspecified atom stereocenters. The summed E-state index contributed by atoms with van der Waals surface area (Å²) in [5.41, 5.74) is 1.43. The molecule has 1 aromatic carbocycles. The smallest absolute Gasteiger partial charge is 0.355 e. The molecule has 0 spiro atoms. The summed E-state index contributed by atoms with van der Waals surface area (Å²) in [4.78, 5) is 24.4. The third-order valence-electron chi connectivity index (χ3n) is 4.92. The molecule has 2 heterocycles. The van der Waals surface area contributed by atoms with Crippen molar-refractivity contribution in [2.45, 2.75) is 31.1 Å². The number of hydrogen-bond acceptors (Lipinski definition) is 5. The molecule has 0 atom stereocenters. The second kappa shape index (κ2) is 8.79. The average Bonchev–Trinajstić information content (AvgIpc) is 3.14. The molecule has 1 fully saturated rings. The third-order valence-corrected chi connectivity index (χ3v) is 6.82. The number of nitrogens with one attached hydrogen (secondary N) is 1. The first-order valence-corrected chi connectivity index (χ1v) is 10.9. The van der Waals surface area contributed by atoms with Crippen LogP contribution in [0.3, 0.4) is 0 Å². The van der Waals surface area contributed by atoms with Gasteiger partial charge in [0.05, 0.1) is 4.90 Å². The number of anilines is 1. The number of aromatic nitrogens is 1. The van der Waals surface area contributed by atoms with Gasteiger partial charge in [-0.3, -0.25) is 4.79 Å². The van der Waals surface area contributed by atoms with Crippen molar-refractivity contribution < 1.29 is 22.7 Å². The molecular weight excluding hydrogens is 394 g/mol. The normalized spacial score (nSPS) is 15.1. The quantitative estimate of drug-likeness (QED) is 0.725. The number of carbonyl (C=O) groups excluding carboxylic acids is 2. The maximum atomic E-state index is 12.9. The van der Waals surface area contributed by atoms with Crippen LogP contribution >= 0.6 is 0 Å². The first kappa shape index (κ1) is 21.1. The minimum atomic E-state index is -3.60. The van der Waals surface area contributed by atoms with Crippen LogP contribution in [0, 0.1) is 6.92 Å². The fourth-order valence-electron chi connectivity index (χ4n) is 3.22. The Hall–Kier alpha value is -2.65. The van der Waals surface area contributed by atoms with E-state index in [1.807, 2.05) is 0 Å². The molecule has 0 radical (unpaired) electrons. The number of amides is 1. The summed E-state index contributed by atoms with van der Waals surface area (Å²) in [7, 11) is -1.90. The van der Waals surface area contributed by atoms with Gasteiger partial charge in [-0.1, -0.05) is 12.5 Å². The molecule has 1 amide bonds. The van der Waals surface area contributed by atoms with Crippen LogP contribution in [0.1, 0.15) is 35.3 Å². The van der Waals surface area contributed by atoms with E-state index in [0.717, 1.165) is 19.3 Å². The standard InChI is InChI=1S/C20H25N3O5S/c1-15-8-9-16(29(26,27)23-11-4-3-5-12-23)13-17(15)21-19(24)14-28-20(25)18-7-6-10-22(18)2/h6-10,13H,3-5,11-12,14H2,1-2H3,(H,21,24). The van der Waals surface area contributed by atoms with Gasteiger partial charge in [0.1, 0.15) is 5.69 Å². The van der Waals surface area contributed by atoms with Crippen molar-refractivity contribution in [2.75, 3.05) is 25.0 Å². The van der Waals surface area contributed by atoms with Gasteiger partial charge in [-0.15, -0.1) is 0 Å². The topological polar surface area (TPSA) is 97.7 Å². The number of ether oxygens (including phenoxy) is 1. The summed E-state index contributed by atoms with van der Waals surface area (Å²) in [6.45, 7) is 2.31. The Balaban J connectivity index is 1.67. The predicted octanol–water partition coefficient (Wildman–Crippen LogP) is 2.30. The van der Waals surface area contributed by atoms with Crippen molar-refractivity contribution in [1.82, 2.24) is 8.87 Å². The second-order valence-electron chi connectivity index (χ2n) is 7.07. The van der Waals surface area contributed by atoms with Crippen molar-refractivity contribution in [3.05, 3.63) is 47.8 Å². The maximum absolute atomic E-state index is 12.9. The zero-order chi connectivity index (χ0) is 21.0. The zero-order valence-corrected chi connectivity index (χ0v) is 17.4. The van der Waals surface area contributed by atoms with E-state index in [-0.39, 0.29) is 4.90 Å². The molecule has 9 heteroatoms. The Labute approximate surface area is 170 Å². The van der Waals surface area contributed by atoms with Crippen LogP contribution in [-0.2, 0) is 26.6 Å². The molecule has 0 aliphatic carbocycles. The van der Waals surface area contributed by atoms with Crippen LogP contribution in [0.5, 0.6) is 0 Å². The molecule has 1 N–H and O–H groups in total. The van der Waals surface area contributed by atoms with Gasteiger partial charge in [-0.2, -0.15) is 4.31 Å². The monoisotopic (exact) mass is 419 g/mol. The number of rotatable bonds is 6. The van der Waals surface area contributed by atoms with Gasteiger partial charge < -0.3 is 14.6 Å². The minimum absolute atomic E-state index is 0.140. The van der Waals surface area contributed by atoms with Gasteiger partial charge in [0, 0.05) is 32.0 Å². The molecule has 1 aromatic heterocycles. The highest BCUT2D eigenvalue weighted by Crippen LogP contribution is 2.25. The highest BCUT2D eigenvalue weighted by Gasteiger charge is 2.26. The van der Waals surface area contributed by atoms with Crippen molar-refractivity contribution in [3.63, 3.8) is 0 Å². The molecule has 1 aliphatic rings. The first-order chi connectivity index (χ1) is 13.8. The number of carbonyl (C=O) groups is 2. The summed E-state index contributed by atoms with van der Waals surface area (Å²) in [6, 6.07) is 7.95. The highest BCUT2D eigenvalue weighted by atomic mass is 32.2. The lowest BCUT2D eigenvalue weighted by molar-refractivity contribution is -0.119. The van der Waals surface area contributed by atoms with E-state index < -0.39 is 28.5 Å². The highest BCUT2D eigenvalue weighted by molar-refractivity contribution is 7.89. The van der Waals surface area contributed by atoms with Crippen molar-refractivity contribution in [2.24, 2.45) is 7.05 Å². The molecule has 29 heavy (non-hydrogen) atoms. The summed E-state index contributed by atoms with van der Waals surface area (Å²) in [6.07, 6.45) is 4.43. The Morgan fingerprint density at radius 3 is 2.52 bits per heavy atom. The van der Waals surface area contributed by atoms with Gasteiger partial charge in [-0.05, 0) is 49.6 Å². The van der Waals surface area contributed by atoms with Gasteiger partial charge in [0.25, 0.3) is 5.91 Å². The SMILES string of the molecule is Cc1ccc(S(=O)(=O)N2CCCCC2)cc1NC(=O)COC(=O)c1cccn1C. The maximum Gasteiger partial charge on any atom is 0.355 e. The van der Waals surface area contributed by atoms with Crippen molar-refractivity contribution in [3.8, 4) is 0 Å². The lowest BCUT2D eigenvalue weighted by atomic mass is 10.2. The number of esters is 1. The van der Waals surface area contributed by atoms with Gasteiger partial charge in [0.2, 0.25) is 10.0 Å². The zero-order valence-electron chi connectivity index (χ0n) is 16.6. The number of hydrogen-bond donors (Lipinski definition) is 1. The number of aryl methyl sites for hydroxylation is 2. The van der Waals surface area contributed by atoms with E-state index in [0.29, 0.717) is 30.0 Å². The molecule has 0 saturated carbocycles. The van der Waals surface area contributed by atoms with E-state index >= 15 is 0 Å². The van der Waals surface area contributed by atoms with E-state index in [4.69, 9.17) is 4.74 Å². The van der Waals surface area contributed by atoms with E-state index in [9.17, 15) is 18.0 Å². The van der Waals surface area contributed by atoms with Crippen LogP contribution < -0.4 is 5.32 Å². The Bertz CT molecular complexity index is 1010. The summed E-state index contributed by atoms with van der Waals surface area (Å²) >= 11 is 0. The molecule has 1 saturated heterocycles. The van der Waals surface area contributed by atoms with E-state index in [1.165, 1.54) is 10.4 Å². The summed E-state index contributed by atoms with van der Waals surface area (Å²) in [5, 5.41) is 2.63. The van der Waals surface area contributed by atoms with Crippen LogP contribution in [0.15, 0.2) is 41.4 Å². The number of benzene rings is 1. The van der Waals surface area contributed by atoms with E-state index in [2.05, 4.69) is 5.32 Å². The van der Waals surface area contributed by atoms with Crippen LogP contribution in [0.25, 0.3) is 0 Å². The largest absolute Gasteiger partial charge is 0.451 e. The first-order valence-electron chi connectivity index (χ1n) is 9.48. The molecular formula is C20H25N3O5S. The molecule has 3 rings (SSSR count). The second-order valence-corrected chi connectivity index (χ2v) is 9.01.